The van der Waals surface area contributed by atoms with Crippen molar-refractivity contribution < 1.29 is 9.53 Å². The van der Waals surface area contributed by atoms with Gasteiger partial charge in [-0.1, -0.05) is 6.42 Å². The van der Waals surface area contributed by atoms with E-state index >= 15 is 0 Å². The third-order valence-electron chi connectivity index (χ3n) is 3.63. The van der Waals surface area contributed by atoms with E-state index in [1.807, 2.05) is 6.92 Å². The van der Waals surface area contributed by atoms with Crippen LogP contribution in [0.3, 0.4) is 0 Å². The number of carbonyl (C=O) groups is 1. The van der Waals surface area contributed by atoms with Gasteiger partial charge in [-0.2, -0.15) is 0 Å². The molecule has 0 amide bonds. The molecule has 2 heteroatoms. The summed E-state index contributed by atoms with van der Waals surface area (Å²) in [6, 6.07) is 0. The molecule has 2 bridgehead atoms. The monoisotopic (exact) mass is 182 g/mol. The van der Waals surface area contributed by atoms with Gasteiger partial charge in [0.25, 0.3) is 0 Å². The van der Waals surface area contributed by atoms with Crippen molar-refractivity contribution in [1.82, 2.24) is 0 Å². The van der Waals surface area contributed by atoms with Crippen LogP contribution in [0, 0.1) is 17.8 Å². The largest absolute Gasteiger partial charge is 0.466 e. The van der Waals surface area contributed by atoms with E-state index in [9.17, 15) is 4.79 Å². The molecule has 2 aliphatic carbocycles. The Kier molecular flexibility index (Phi) is 2.56. The summed E-state index contributed by atoms with van der Waals surface area (Å²) < 4.78 is 5.09. The summed E-state index contributed by atoms with van der Waals surface area (Å²) in [5, 5.41) is 0. The van der Waals surface area contributed by atoms with Crippen molar-refractivity contribution in [2.75, 3.05) is 6.61 Å². The average Bonchev–Trinajstić information content (AvgIpc) is 2.48. The highest BCUT2D eigenvalue weighted by atomic mass is 16.5. The summed E-state index contributed by atoms with van der Waals surface area (Å²) in [7, 11) is 0. The summed E-state index contributed by atoms with van der Waals surface area (Å²) in [5.41, 5.74) is 0. The summed E-state index contributed by atoms with van der Waals surface area (Å²) in [5.74, 6) is 1.88. The predicted molar refractivity (Wildman–Crippen MR) is 50.2 cm³/mol. The molecule has 2 aliphatic rings. The smallest absolute Gasteiger partial charge is 0.309 e. The highest BCUT2D eigenvalue weighted by Gasteiger charge is 2.39. The third kappa shape index (κ3) is 1.72. The lowest BCUT2D eigenvalue weighted by Crippen LogP contribution is -2.27. The molecule has 3 atom stereocenters. The molecule has 2 nitrogen and oxygen atoms in total. The maximum Gasteiger partial charge on any atom is 0.309 e. The van der Waals surface area contributed by atoms with Gasteiger partial charge in [0.1, 0.15) is 0 Å². The third-order valence-corrected chi connectivity index (χ3v) is 3.63. The highest BCUT2D eigenvalue weighted by Crippen LogP contribution is 2.45. The second kappa shape index (κ2) is 3.69. The van der Waals surface area contributed by atoms with E-state index in [1.54, 1.807) is 0 Å². The molecule has 0 saturated heterocycles. The molecule has 0 aromatic carbocycles. The molecular weight excluding hydrogens is 164 g/mol. The molecule has 2 saturated carbocycles. The molecule has 0 aromatic heterocycles. The van der Waals surface area contributed by atoms with E-state index in [0.29, 0.717) is 12.5 Å². The van der Waals surface area contributed by atoms with Gasteiger partial charge in [-0.25, -0.2) is 0 Å². The first-order valence-electron chi connectivity index (χ1n) is 5.48. The van der Waals surface area contributed by atoms with Gasteiger partial charge in [0, 0.05) is 0 Å². The maximum atomic E-state index is 11.6. The van der Waals surface area contributed by atoms with Crippen molar-refractivity contribution in [3.05, 3.63) is 0 Å². The minimum absolute atomic E-state index is 0.0628. The topological polar surface area (TPSA) is 26.3 Å². The van der Waals surface area contributed by atoms with Crippen LogP contribution in [0.1, 0.15) is 39.0 Å². The number of rotatable bonds is 2. The van der Waals surface area contributed by atoms with Gasteiger partial charge < -0.3 is 4.74 Å². The highest BCUT2D eigenvalue weighted by molar-refractivity contribution is 5.73. The molecule has 0 aliphatic heterocycles. The molecule has 3 unspecified atom stereocenters. The van der Waals surface area contributed by atoms with Crippen molar-refractivity contribution in [2.24, 2.45) is 17.8 Å². The van der Waals surface area contributed by atoms with E-state index in [1.165, 1.54) is 25.7 Å². The molecular formula is C11H18O2. The van der Waals surface area contributed by atoms with Gasteiger partial charge >= 0.3 is 5.97 Å². The maximum absolute atomic E-state index is 11.6. The number of carbonyl (C=O) groups excluding carboxylic acids is 1. The number of hydrogen-bond acceptors (Lipinski definition) is 2. The summed E-state index contributed by atoms with van der Waals surface area (Å²) in [6.45, 7) is 2.42. The van der Waals surface area contributed by atoms with Gasteiger partial charge in [0.2, 0.25) is 0 Å². The van der Waals surface area contributed by atoms with Gasteiger partial charge in [0.05, 0.1) is 12.5 Å². The van der Waals surface area contributed by atoms with Crippen LogP contribution in [0.5, 0.6) is 0 Å². The van der Waals surface area contributed by atoms with E-state index in [-0.39, 0.29) is 11.9 Å². The van der Waals surface area contributed by atoms with Crippen molar-refractivity contribution in [2.45, 2.75) is 39.0 Å². The first-order chi connectivity index (χ1) is 6.31. The lowest BCUT2D eigenvalue weighted by Gasteiger charge is -2.26. The van der Waals surface area contributed by atoms with Crippen LogP contribution in [-0.2, 0) is 9.53 Å². The van der Waals surface area contributed by atoms with Crippen molar-refractivity contribution >= 4 is 5.97 Å². The van der Waals surface area contributed by atoms with Gasteiger partial charge in [-0.15, -0.1) is 0 Å². The minimum atomic E-state index is 0.0628. The zero-order chi connectivity index (χ0) is 9.26. The van der Waals surface area contributed by atoms with Crippen LogP contribution in [0.2, 0.25) is 0 Å². The summed E-state index contributed by atoms with van der Waals surface area (Å²) in [6.07, 6.45) is 6.21. The molecule has 74 valence electrons. The molecule has 2 fully saturated rings. The molecule has 0 radical (unpaired) electrons. The fraction of sp³-hybridized carbons (Fsp3) is 0.909. The molecule has 0 spiro atoms. The Labute approximate surface area is 79.7 Å². The van der Waals surface area contributed by atoms with E-state index in [4.69, 9.17) is 4.74 Å². The first kappa shape index (κ1) is 9.04. The average molecular weight is 182 g/mol. The summed E-state index contributed by atoms with van der Waals surface area (Å²) >= 11 is 0. The molecule has 0 aromatic rings. The van der Waals surface area contributed by atoms with Crippen LogP contribution in [0.15, 0.2) is 0 Å². The Morgan fingerprint density at radius 2 is 2.08 bits per heavy atom. The van der Waals surface area contributed by atoms with Crippen molar-refractivity contribution in [1.29, 1.82) is 0 Å². The van der Waals surface area contributed by atoms with Crippen LogP contribution in [0.25, 0.3) is 0 Å². The van der Waals surface area contributed by atoms with E-state index in [2.05, 4.69) is 0 Å². The quantitative estimate of drug-likeness (QED) is 0.613. The Bertz CT molecular complexity index is 200. The second-order valence-electron chi connectivity index (χ2n) is 4.38. The Hall–Kier alpha value is -0.530. The van der Waals surface area contributed by atoms with Crippen molar-refractivity contribution in [3.63, 3.8) is 0 Å². The normalized spacial score (nSPS) is 37.5. The molecule has 0 heterocycles. The molecule has 0 N–H and O–H groups in total. The summed E-state index contributed by atoms with van der Waals surface area (Å²) in [4.78, 5) is 11.6. The van der Waals surface area contributed by atoms with Crippen LogP contribution >= 0.6 is 0 Å². The van der Waals surface area contributed by atoms with Crippen molar-refractivity contribution in [3.8, 4) is 0 Å². The minimum Gasteiger partial charge on any atom is -0.466 e. The van der Waals surface area contributed by atoms with Crippen LogP contribution < -0.4 is 0 Å². The number of fused-ring (bicyclic) bond motifs is 2. The Morgan fingerprint density at radius 1 is 1.31 bits per heavy atom. The number of ether oxygens (including phenoxy) is 1. The molecule has 2 rings (SSSR count). The predicted octanol–water partition coefficient (Wildman–Crippen LogP) is 2.38. The Morgan fingerprint density at radius 3 is 2.85 bits per heavy atom. The Balaban J connectivity index is 1.95. The van der Waals surface area contributed by atoms with Gasteiger partial charge in [-0.05, 0) is 44.4 Å². The van der Waals surface area contributed by atoms with Crippen LogP contribution in [-0.4, -0.2) is 12.6 Å². The second-order valence-corrected chi connectivity index (χ2v) is 4.38. The fourth-order valence-electron chi connectivity index (χ4n) is 2.95. The van der Waals surface area contributed by atoms with E-state index in [0.717, 1.165) is 12.3 Å². The van der Waals surface area contributed by atoms with Gasteiger partial charge in [0.15, 0.2) is 0 Å². The molecule has 13 heavy (non-hydrogen) atoms. The zero-order valence-electron chi connectivity index (χ0n) is 8.29. The lowest BCUT2D eigenvalue weighted by molar-refractivity contribution is -0.151. The van der Waals surface area contributed by atoms with Crippen LogP contribution in [0.4, 0.5) is 0 Å². The SMILES string of the molecule is CCOC(=O)C1CCC2CCC1C2. The zero-order valence-corrected chi connectivity index (χ0v) is 8.29. The van der Waals surface area contributed by atoms with Gasteiger partial charge in [-0.3, -0.25) is 4.79 Å². The lowest BCUT2D eigenvalue weighted by atomic mass is 9.80. The standard InChI is InChI=1S/C11H18O2/c1-2-13-11(12)10-6-4-8-3-5-9(10)7-8/h8-10H,2-7H2,1H3. The number of hydrogen-bond donors (Lipinski definition) is 0. The van der Waals surface area contributed by atoms with E-state index < -0.39 is 0 Å². The number of esters is 1. The fourth-order valence-corrected chi connectivity index (χ4v) is 2.95. The first-order valence-corrected chi connectivity index (χ1v) is 5.48.